The highest BCUT2D eigenvalue weighted by Crippen LogP contribution is 2.17. The van der Waals surface area contributed by atoms with E-state index in [9.17, 15) is 14.7 Å². The van der Waals surface area contributed by atoms with Crippen molar-refractivity contribution in [3.05, 3.63) is 71.8 Å². The molecule has 1 N–H and O–H groups in total. The molecule has 0 fully saturated rings. The number of hydrogen-bond acceptors (Lipinski definition) is 3. The smallest absolute Gasteiger partial charge is 0.328 e. The Balaban J connectivity index is 2.32. The molecule has 0 heterocycles. The second kappa shape index (κ2) is 8.41. The molecular formula is C20H23NO3. The zero-order chi connectivity index (χ0) is 17.5. The summed E-state index contributed by atoms with van der Waals surface area (Å²) in [7, 11) is 0. The molecule has 0 bridgehead atoms. The van der Waals surface area contributed by atoms with E-state index in [0.29, 0.717) is 13.1 Å². The minimum absolute atomic E-state index is 0.269. The summed E-state index contributed by atoms with van der Waals surface area (Å²) in [5.74, 6) is -1.70. The molecule has 0 aliphatic heterocycles. The van der Waals surface area contributed by atoms with Crippen LogP contribution in [0.5, 0.6) is 0 Å². The lowest BCUT2D eigenvalue weighted by atomic mass is 9.99. The summed E-state index contributed by atoms with van der Waals surface area (Å²) in [4.78, 5) is 26.0. The van der Waals surface area contributed by atoms with Gasteiger partial charge in [-0.3, -0.25) is 14.5 Å². The van der Waals surface area contributed by atoms with Gasteiger partial charge < -0.3 is 5.11 Å². The molecule has 0 aliphatic rings. The second-order valence-electron chi connectivity index (χ2n) is 6.17. The van der Waals surface area contributed by atoms with E-state index in [2.05, 4.69) is 0 Å². The van der Waals surface area contributed by atoms with E-state index in [-0.39, 0.29) is 11.7 Å². The van der Waals surface area contributed by atoms with Crippen molar-refractivity contribution < 1.29 is 14.7 Å². The monoisotopic (exact) mass is 325 g/mol. The van der Waals surface area contributed by atoms with Gasteiger partial charge in [0.05, 0.1) is 0 Å². The van der Waals surface area contributed by atoms with Gasteiger partial charge in [0.25, 0.3) is 0 Å². The molecular weight excluding hydrogens is 302 g/mol. The maximum Gasteiger partial charge on any atom is 0.328 e. The van der Waals surface area contributed by atoms with Gasteiger partial charge in [-0.05, 0) is 11.1 Å². The van der Waals surface area contributed by atoms with Gasteiger partial charge >= 0.3 is 5.97 Å². The summed E-state index contributed by atoms with van der Waals surface area (Å²) >= 11 is 0. The fourth-order valence-electron chi connectivity index (χ4n) is 2.65. The molecule has 0 saturated heterocycles. The first-order valence-electron chi connectivity index (χ1n) is 8.07. The van der Waals surface area contributed by atoms with Gasteiger partial charge in [-0.2, -0.15) is 0 Å². The zero-order valence-electron chi connectivity index (χ0n) is 14.1. The van der Waals surface area contributed by atoms with Crippen LogP contribution in [-0.4, -0.2) is 27.8 Å². The summed E-state index contributed by atoms with van der Waals surface area (Å²) in [5, 5.41) is 9.66. The van der Waals surface area contributed by atoms with Crippen molar-refractivity contribution in [2.24, 2.45) is 5.92 Å². The fraction of sp³-hybridized carbons (Fsp3) is 0.300. The maximum absolute atomic E-state index is 12.5. The van der Waals surface area contributed by atoms with Crippen molar-refractivity contribution in [1.29, 1.82) is 0 Å². The predicted octanol–water partition coefficient (Wildman–Crippen LogP) is 3.37. The first-order valence-corrected chi connectivity index (χ1v) is 8.07. The quantitative estimate of drug-likeness (QED) is 0.756. The highest BCUT2D eigenvalue weighted by atomic mass is 16.4. The largest absolute Gasteiger partial charge is 0.480 e. The predicted molar refractivity (Wildman–Crippen MR) is 93.4 cm³/mol. The molecule has 4 heteroatoms. The van der Waals surface area contributed by atoms with Crippen molar-refractivity contribution in [3.63, 3.8) is 0 Å². The van der Waals surface area contributed by atoms with Gasteiger partial charge in [0, 0.05) is 19.0 Å². The molecule has 2 aromatic carbocycles. The molecule has 0 unspecified atom stereocenters. The number of rotatable bonds is 8. The first kappa shape index (κ1) is 17.9. The summed E-state index contributed by atoms with van der Waals surface area (Å²) in [6.45, 7) is 4.29. The Kier molecular flexibility index (Phi) is 6.27. The SMILES string of the molecule is CC(C)C(=O)[C@H](C(=O)O)N(Cc1ccccc1)Cc1ccccc1. The lowest BCUT2D eigenvalue weighted by Gasteiger charge is -2.29. The number of benzene rings is 2. The van der Waals surface area contributed by atoms with Crippen LogP contribution < -0.4 is 0 Å². The van der Waals surface area contributed by atoms with Crippen LogP contribution in [0.4, 0.5) is 0 Å². The summed E-state index contributed by atoms with van der Waals surface area (Å²) in [5.41, 5.74) is 1.97. The fourth-order valence-corrected chi connectivity index (χ4v) is 2.65. The number of carbonyl (C=O) groups excluding carboxylic acids is 1. The van der Waals surface area contributed by atoms with Crippen LogP contribution in [-0.2, 0) is 22.7 Å². The molecule has 2 aromatic rings. The van der Waals surface area contributed by atoms with Crippen molar-refractivity contribution in [3.8, 4) is 0 Å². The highest BCUT2D eigenvalue weighted by Gasteiger charge is 2.34. The number of carboxylic acids is 1. The van der Waals surface area contributed by atoms with E-state index in [4.69, 9.17) is 0 Å². The van der Waals surface area contributed by atoms with Gasteiger partial charge in [-0.1, -0.05) is 74.5 Å². The summed E-state index contributed by atoms with van der Waals surface area (Å²) in [6, 6.07) is 18.1. The number of Topliss-reactive ketones (excluding diaryl/α,β-unsaturated/α-hetero) is 1. The van der Waals surface area contributed by atoms with Crippen molar-refractivity contribution >= 4 is 11.8 Å². The molecule has 0 aromatic heterocycles. The molecule has 126 valence electrons. The second-order valence-corrected chi connectivity index (χ2v) is 6.17. The lowest BCUT2D eigenvalue weighted by Crippen LogP contribution is -2.47. The van der Waals surface area contributed by atoms with Crippen LogP contribution in [0.1, 0.15) is 25.0 Å². The Bertz CT molecular complexity index is 626. The van der Waals surface area contributed by atoms with E-state index in [1.54, 1.807) is 18.7 Å². The number of hydrogen-bond donors (Lipinski definition) is 1. The number of carboxylic acid groups (broad SMARTS) is 1. The van der Waals surface area contributed by atoms with Crippen molar-refractivity contribution in [2.75, 3.05) is 0 Å². The molecule has 0 amide bonds. The Morgan fingerprint density at radius 3 is 1.62 bits per heavy atom. The maximum atomic E-state index is 12.5. The topological polar surface area (TPSA) is 57.6 Å². The molecule has 0 spiro atoms. The van der Waals surface area contributed by atoms with E-state index in [1.165, 1.54) is 0 Å². The highest BCUT2D eigenvalue weighted by molar-refractivity contribution is 6.03. The summed E-state index contributed by atoms with van der Waals surface area (Å²) < 4.78 is 0. The van der Waals surface area contributed by atoms with Gasteiger partial charge in [0.15, 0.2) is 11.8 Å². The van der Waals surface area contributed by atoms with Crippen LogP contribution in [0.3, 0.4) is 0 Å². The van der Waals surface area contributed by atoms with Gasteiger partial charge in [0.2, 0.25) is 0 Å². The van der Waals surface area contributed by atoms with E-state index in [1.807, 2.05) is 60.7 Å². The Morgan fingerprint density at radius 2 is 1.29 bits per heavy atom. The summed E-state index contributed by atoms with van der Waals surface area (Å²) in [6.07, 6.45) is 0. The average Bonchev–Trinajstić information content (AvgIpc) is 2.56. The molecule has 0 radical (unpaired) electrons. The Morgan fingerprint density at radius 1 is 0.875 bits per heavy atom. The number of nitrogens with zero attached hydrogens (tertiary/aromatic N) is 1. The van der Waals surface area contributed by atoms with Crippen LogP contribution in [0.15, 0.2) is 60.7 Å². The lowest BCUT2D eigenvalue weighted by molar-refractivity contribution is -0.149. The third kappa shape index (κ3) is 4.77. The average molecular weight is 325 g/mol. The number of ketones is 1. The van der Waals surface area contributed by atoms with Gasteiger partial charge in [0.1, 0.15) is 0 Å². The minimum Gasteiger partial charge on any atom is -0.480 e. The molecule has 0 aliphatic carbocycles. The first-order chi connectivity index (χ1) is 11.5. The van der Waals surface area contributed by atoms with E-state index >= 15 is 0 Å². The van der Waals surface area contributed by atoms with Crippen LogP contribution >= 0.6 is 0 Å². The normalized spacial score (nSPS) is 12.3. The van der Waals surface area contributed by atoms with Crippen LogP contribution in [0, 0.1) is 5.92 Å². The van der Waals surface area contributed by atoms with Crippen molar-refractivity contribution in [1.82, 2.24) is 4.90 Å². The van der Waals surface area contributed by atoms with Crippen LogP contribution in [0.25, 0.3) is 0 Å². The van der Waals surface area contributed by atoms with Crippen LogP contribution in [0.2, 0.25) is 0 Å². The van der Waals surface area contributed by atoms with E-state index in [0.717, 1.165) is 11.1 Å². The Labute approximate surface area is 142 Å². The number of aliphatic carboxylic acids is 1. The standard InChI is InChI=1S/C20H23NO3/c1-15(2)19(22)18(20(23)24)21(13-16-9-5-3-6-10-16)14-17-11-7-4-8-12-17/h3-12,15,18H,13-14H2,1-2H3,(H,23,24)/t18-/m1/s1. The third-order valence-corrected chi connectivity index (χ3v) is 3.89. The molecule has 4 nitrogen and oxygen atoms in total. The molecule has 0 saturated carbocycles. The minimum atomic E-state index is -1.15. The molecule has 2 rings (SSSR count). The Hall–Kier alpha value is -2.46. The van der Waals surface area contributed by atoms with Gasteiger partial charge in [-0.15, -0.1) is 0 Å². The van der Waals surface area contributed by atoms with Gasteiger partial charge in [-0.25, -0.2) is 0 Å². The zero-order valence-corrected chi connectivity index (χ0v) is 14.1. The molecule has 24 heavy (non-hydrogen) atoms. The third-order valence-electron chi connectivity index (χ3n) is 3.89. The molecule has 1 atom stereocenters. The number of carbonyl (C=O) groups is 2. The van der Waals surface area contributed by atoms with E-state index < -0.39 is 12.0 Å². The van der Waals surface area contributed by atoms with Crippen molar-refractivity contribution in [2.45, 2.75) is 33.0 Å².